The van der Waals surface area contributed by atoms with Gasteiger partial charge in [0.25, 0.3) is 0 Å². The molecule has 0 atom stereocenters. The van der Waals surface area contributed by atoms with Crippen molar-refractivity contribution in [3.8, 4) is 0 Å². The average Bonchev–Trinajstić information content (AvgIpc) is 2.91. The molecule has 0 N–H and O–H groups in total. The second-order valence-corrected chi connectivity index (χ2v) is 30.3. The fourth-order valence-corrected chi connectivity index (χ4v) is 13.9. The second-order valence-electron chi connectivity index (χ2n) is 4.97. The third kappa shape index (κ3) is 2.87. The molecule has 94 valence electrons. The summed E-state index contributed by atoms with van der Waals surface area (Å²) >= 11 is -2.91. The van der Waals surface area contributed by atoms with E-state index in [1.165, 1.54) is 0 Å². The van der Waals surface area contributed by atoms with E-state index >= 15 is 0 Å². The Labute approximate surface area is 119 Å². The van der Waals surface area contributed by atoms with Crippen LogP contribution in [0.1, 0.15) is 12.8 Å². The maximum atomic E-state index is 4.16. The maximum Gasteiger partial charge on any atom is -0.147 e. The van der Waals surface area contributed by atoms with E-state index in [4.69, 9.17) is 0 Å². The van der Waals surface area contributed by atoms with Gasteiger partial charge in [0.2, 0.25) is 0 Å². The SMILES string of the molecule is C=[CH][Zr]([CH3])(=[SiH2])([C]1=CC=CC1)[C]1=CC=CC1.Cl.Cl. The van der Waals surface area contributed by atoms with Crippen molar-refractivity contribution in [2.75, 3.05) is 0 Å². The van der Waals surface area contributed by atoms with Crippen LogP contribution >= 0.6 is 24.8 Å². The van der Waals surface area contributed by atoms with Gasteiger partial charge in [0, 0.05) is 0 Å². The molecule has 0 aromatic rings. The van der Waals surface area contributed by atoms with Crippen LogP contribution in [0.3, 0.4) is 0 Å². The summed E-state index contributed by atoms with van der Waals surface area (Å²) in [5, 5.41) is 0. The van der Waals surface area contributed by atoms with Crippen molar-refractivity contribution >= 4 is 31.7 Å². The van der Waals surface area contributed by atoms with Crippen LogP contribution in [-0.4, -0.2) is 6.88 Å². The Morgan fingerprint density at radius 1 is 1.12 bits per heavy atom. The molecule has 0 unspecified atom stereocenters. The molecule has 0 heterocycles. The van der Waals surface area contributed by atoms with Crippen LogP contribution < -0.4 is 0 Å². The molecule has 0 saturated heterocycles. The topological polar surface area (TPSA) is 0 Å². The summed E-state index contributed by atoms with van der Waals surface area (Å²) in [7, 11) is 0. The van der Waals surface area contributed by atoms with Gasteiger partial charge < -0.3 is 0 Å². The van der Waals surface area contributed by atoms with Crippen LogP contribution in [0.5, 0.6) is 0 Å². The van der Waals surface area contributed by atoms with E-state index in [1.54, 1.807) is 6.56 Å². The normalized spacial score (nSPS) is 18.0. The molecule has 0 fully saturated rings. The maximum absolute atomic E-state index is 4.16. The zero-order valence-electron chi connectivity index (χ0n) is 10.2. The molecule has 2 rings (SSSR count). The molecule has 17 heavy (non-hydrogen) atoms. The van der Waals surface area contributed by atoms with E-state index in [-0.39, 0.29) is 24.8 Å². The predicted octanol–water partition coefficient (Wildman–Crippen LogP) is 3.95. The van der Waals surface area contributed by atoms with E-state index in [0.29, 0.717) is 0 Å². The first-order valence-electron chi connectivity index (χ1n) is 5.48. The molecule has 0 aromatic carbocycles. The van der Waals surface area contributed by atoms with Gasteiger partial charge in [-0.3, -0.25) is 0 Å². The van der Waals surface area contributed by atoms with Gasteiger partial charge in [0.15, 0.2) is 0 Å². The van der Waals surface area contributed by atoms with Gasteiger partial charge in [-0.1, -0.05) is 0 Å². The Morgan fingerprint density at radius 3 is 1.76 bits per heavy atom. The standard InChI is InChI=1S/2C5H5.C2H3.CH3.2ClH.H2Si.Zr/c2*1-2-4-5-3-1;1-2;;;;;/h2*1-3H,4H2;1H,2H2;1H3;2*1H;1H2;. The van der Waals surface area contributed by atoms with Crippen LogP contribution in [0.2, 0.25) is 4.63 Å². The minimum absolute atomic E-state index is 0. The van der Waals surface area contributed by atoms with Crippen molar-refractivity contribution in [1.82, 2.24) is 0 Å². The van der Waals surface area contributed by atoms with Gasteiger partial charge in [-0.2, -0.15) is 0 Å². The molecule has 0 aromatic heterocycles. The second kappa shape index (κ2) is 6.02. The van der Waals surface area contributed by atoms with Crippen LogP contribution in [0, 0.1) is 0 Å². The zero-order chi connectivity index (χ0) is 11.0. The molecular formula is C13H20Cl2SiZr. The van der Waals surface area contributed by atoms with E-state index in [9.17, 15) is 0 Å². The zero-order valence-corrected chi connectivity index (χ0v) is 15.7. The van der Waals surface area contributed by atoms with Crippen molar-refractivity contribution in [2.24, 2.45) is 0 Å². The largest absolute Gasteiger partial charge is 0.147 e. The first-order chi connectivity index (χ1) is 7.07. The van der Waals surface area contributed by atoms with Gasteiger partial charge in [-0.05, 0) is 0 Å². The minimum Gasteiger partial charge on any atom is -0.147 e. The third-order valence-electron chi connectivity index (χ3n) is 3.88. The molecular weight excluding hydrogens is 346 g/mol. The fraction of sp³-hybridized carbons (Fsp3) is 0.231. The van der Waals surface area contributed by atoms with Crippen molar-refractivity contribution in [1.29, 1.82) is 0 Å². The summed E-state index contributed by atoms with van der Waals surface area (Å²) in [4.78, 5) is 0. The van der Waals surface area contributed by atoms with E-state index in [1.807, 2.05) is 0 Å². The molecule has 0 spiro atoms. The molecule has 0 nitrogen and oxygen atoms in total. The van der Waals surface area contributed by atoms with Gasteiger partial charge in [-0.25, -0.2) is 0 Å². The van der Waals surface area contributed by atoms with E-state index in [2.05, 4.69) is 58.3 Å². The molecule has 4 heteroatoms. The Morgan fingerprint density at radius 2 is 1.53 bits per heavy atom. The summed E-state index contributed by atoms with van der Waals surface area (Å²) in [6, 6.07) is 0. The number of hydrogen-bond acceptors (Lipinski definition) is 0. The van der Waals surface area contributed by atoms with Crippen LogP contribution in [0.15, 0.2) is 53.4 Å². The third-order valence-corrected chi connectivity index (χ3v) is 24.3. The average molecular weight is 367 g/mol. The summed E-state index contributed by atoms with van der Waals surface area (Å²) in [5.41, 5.74) is 0. The molecule has 0 radical (unpaired) electrons. The molecule has 2 aliphatic carbocycles. The number of allylic oxidation sites excluding steroid dienone is 8. The number of hydrogen-bond donors (Lipinski definition) is 0. The Bertz CT molecular complexity index is 462. The molecule has 0 saturated carbocycles. The Kier molecular flexibility index (Phi) is 6.15. The quantitative estimate of drug-likeness (QED) is 0.664. The monoisotopic (exact) mass is 364 g/mol. The molecule has 0 amide bonds. The van der Waals surface area contributed by atoms with Gasteiger partial charge >= 0.3 is 95.1 Å². The smallest absolute Gasteiger partial charge is 0.147 e. The van der Waals surface area contributed by atoms with Gasteiger partial charge in [0.05, 0.1) is 0 Å². The van der Waals surface area contributed by atoms with Crippen LogP contribution in [0.4, 0.5) is 0 Å². The molecule has 2 aliphatic rings. The number of halogens is 2. The van der Waals surface area contributed by atoms with Gasteiger partial charge in [0.1, 0.15) is 0 Å². The fourth-order valence-electron chi connectivity index (χ4n) is 2.40. The first-order valence-corrected chi connectivity index (χ1v) is 17.7. The summed E-state index contributed by atoms with van der Waals surface area (Å²) in [5.74, 6) is 0. The minimum atomic E-state index is -2.91. The van der Waals surface area contributed by atoms with Crippen molar-refractivity contribution in [3.63, 3.8) is 0 Å². The Hall–Kier alpha value is 0.380. The number of rotatable bonds is 3. The van der Waals surface area contributed by atoms with Gasteiger partial charge in [-0.15, -0.1) is 24.8 Å². The van der Waals surface area contributed by atoms with E-state index < -0.39 is 17.4 Å². The molecule has 0 aliphatic heterocycles. The van der Waals surface area contributed by atoms with Crippen LogP contribution in [0.25, 0.3) is 0 Å². The van der Waals surface area contributed by atoms with Crippen molar-refractivity contribution in [3.05, 3.63) is 53.4 Å². The summed E-state index contributed by atoms with van der Waals surface area (Å²) < 4.78 is 8.15. The summed E-state index contributed by atoms with van der Waals surface area (Å²) in [6.07, 6.45) is 15.9. The van der Waals surface area contributed by atoms with Crippen molar-refractivity contribution < 1.29 is 17.4 Å². The Balaban J connectivity index is 0.00000128. The molecule has 0 bridgehead atoms. The summed E-state index contributed by atoms with van der Waals surface area (Å²) in [6.45, 7) is 6.41. The predicted molar refractivity (Wildman–Crippen MR) is 82.8 cm³/mol. The first kappa shape index (κ1) is 17.4. The van der Waals surface area contributed by atoms with Crippen LogP contribution in [-0.2, 0) is 17.4 Å². The van der Waals surface area contributed by atoms with Crippen molar-refractivity contribution in [2.45, 2.75) is 17.5 Å². The van der Waals surface area contributed by atoms with E-state index in [0.717, 1.165) is 12.8 Å².